The molecular weight excluding hydrogens is 327 g/mol. The van der Waals surface area contributed by atoms with Gasteiger partial charge in [-0.1, -0.05) is 0 Å². The van der Waals surface area contributed by atoms with Crippen LogP contribution in [0.3, 0.4) is 0 Å². The molecule has 0 saturated heterocycles. The predicted molar refractivity (Wildman–Crippen MR) is 89.3 cm³/mol. The van der Waals surface area contributed by atoms with Gasteiger partial charge in [-0.15, -0.1) is 0 Å². The lowest BCUT2D eigenvalue weighted by Crippen LogP contribution is -2.14. The van der Waals surface area contributed by atoms with E-state index in [1.807, 2.05) is 0 Å². The van der Waals surface area contributed by atoms with Crippen molar-refractivity contribution in [2.75, 3.05) is 5.32 Å². The van der Waals surface area contributed by atoms with E-state index in [1.54, 1.807) is 19.9 Å². The maximum atomic E-state index is 13.2. The highest BCUT2D eigenvalue weighted by Gasteiger charge is 2.18. The second-order valence-corrected chi connectivity index (χ2v) is 5.68. The van der Waals surface area contributed by atoms with Crippen molar-refractivity contribution in [3.63, 3.8) is 0 Å². The highest BCUT2D eigenvalue weighted by atomic mass is 19.1. The van der Waals surface area contributed by atoms with Gasteiger partial charge in [0.1, 0.15) is 16.9 Å². The number of oxazole rings is 2. The predicted octanol–water partition coefficient (Wildman–Crippen LogP) is 3.57. The van der Waals surface area contributed by atoms with Gasteiger partial charge in [-0.05, 0) is 43.2 Å². The number of hydrogen-bond acceptors (Lipinski definition) is 6. The molecule has 0 spiro atoms. The number of primary amides is 1. The second-order valence-electron chi connectivity index (χ2n) is 5.68. The molecule has 3 N–H and O–H groups in total. The molecule has 0 radical (unpaired) electrons. The van der Waals surface area contributed by atoms with E-state index in [0.29, 0.717) is 38.9 Å². The fourth-order valence-electron chi connectivity index (χ4n) is 2.86. The Morgan fingerprint density at radius 3 is 2.60 bits per heavy atom. The molecule has 7 nitrogen and oxygen atoms in total. The third-order valence-corrected chi connectivity index (χ3v) is 3.94. The van der Waals surface area contributed by atoms with Crippen LogP contribution in [0.1, 0.15) is 21.5 Å². The van der Waals surface area contributed by atoms with Gasteiger partial charge in [-0.3, -0.25) is 10.1 Å². The topological polar surface area (TPSA) is 107 Å². The van der Waals surface area contributed by atoms with Crippen LogP contribution in [0.2, 0.25) is 0 Å². The Balaban J connectivity index is 1.76. The molecule has 0 atom stereocenters. The molecule has 0 bridgehead atoms. The number of anilines is 2. The number of amides is 1. The fourth-order valence-corrected chi connectivity index (χ4v) is 2.86. The number of hydrogen-bond donors (Lipinski definition) is 2. The lowest BCUT2D eigenvalue weighted by atomic mass is 10.0. The number of aromatic nitrogens is 2. The molecule has 2 aromatic heterocycles. The van der Waals surface area contributed by atoms with Gasteiger partial charge in [0.05, 0.1) is 0 Å². The minimum Gasteiger partial charge on any atom is -0.423 e. The highest BCUT2D eigenvalue weighted by molar-refractivity contribution is 6.00. The van der Waals surface area contributed by atoms with Crippen molar-refractivity contribution in [2.45, 2.75) is 13.8 Å². The zero-order valence-corrected chi connectivity index (χ0v) is 13.4. The smallest absolute Gasteiger partial charge is 0.303 e. The first kappa shape index (κ1) is 15.1. The van der Waals surface area contributed by atoms with Crippen LogP contribution < -0.4 is 11.1 Å². The van der Waals surface area contributed by atoms with E-state index in [1.165, 1.54) is 18.2 Å². The Morgan fingerprint density at radius 1 is 1.12 bits per heavy atom. The SMILES string of the molecule is Cc1cc2oc(Nc3nc4cc(F)ccc4o3)nc2c(C)c1C(N)=O. The summed E-state index contributed by atoms with van der Waals surface area (Å²) in [6, 6.07) is 6.00. The first-order valence-corrected chi connectivity index (χ1v) is 7.46. The van der Waals surface area contributed by atoms with E-state index in [4.69, 9.17) is 14.6 Å². The molecule has 0 aliphatic rings. The number of carbonyl (C=O) groups excluding carboxylic acids is 1. The standard InChI is InChI=1S/C17H13FN4O3/c1-7-5-12-14(8(2)13(7)15(19)23)21-17(25-12)22-16-20-10-6-9(18)3-4-11(10)24-16/h3-6H,1-2H3,(H2,19,23)(H,20,21,22). The molecule has 2 heterocycles. The van der Waals surface area contributed by atoms with Crippen molar-refractivity contribution < 1.29 is 18.0 Å². The number of halogens is 1. The highest BCUT2D eigenvalue weighted by Crippen LogP contribution is 2.29. The molecule has 126 valence electrons. The summed E-state index contributed by atoms with van der Waals surface area (Å²) in [5, 5.41) is 2.80. The van der Waals surface area contributed by atoms with E-state index in [9.17, 15) is 9.18 Å². The van der Waals surface area contributed by atoms with Crippen LogP contribution in [0.5, 0.6) is 0 Å². The summed E-state index contributed by atoms with van der Waals surface area (Å²) in [6.07, 6.45) is 0. The van der Waals surface area contributed by atoms with Gasteiger partial charge >= 0.3 is 12.0 Å². The van der Waals surface area contributed by atoms with Gasteiger partial charge in [0.2, 0.25) is 5.91 Å². The van der Waals surface area contributed by atoms with Crippen molar-refractivity contribution in [3.05, 3.63) is 46.8 Å². The van der Waals surface area contributed by atoms with Crippen LogP contribution in [0.4, 0.5) is 16.4 Å². The van der Waals surface area contributed by atoms with Gasteiger partial charge in [-0.25, -0.2) is 4.39 Å². The molecule has 1 amide bonds. The van der Waals surface area contributed by atoms with Crippen LogP contribution in [0, 0.1) is 19.7 Å². The summed E-state index contributed by atoms with van der Waals surface area (Å²) >= 11 is 0. The van der Waals surface area contributed by atoms with Gasteiger partial charge in [-0.2, -0.15) is 9.97 Å². The molecule has 4 rings (SSSR count). The molecule has 0 saturated carbocycles. The first-order chi connectivity index (χ1) is 11.9. The van der Waals surface area contributed by atoms with Gasteiger partial charge < -0.3 is 14.6 Å². The largest absolute Gasteiger partial charge is 0.423 e. The molecule has 25 heavy (non-hydrogen) atoms. The molecule has 2 aromatic carbocycles. The van der Waals surface area contributed by atoms with Crippen LogP contribution in [0.15, 0.2) is 33.1 Å². The van der Waals surface area contributed by atoms with Crippen molar-refractivity contribution >= 4 is 40.1 Å². The van der Waals surface area contributed by atoms with Gasteiger partial charge in [0.15, 0.2) is 11.2 Å². The second kappa shape index (κ2) is 5.30. The quantitative estimate of drug-likeness (QED) is 0.590. The molecule has 0 aliphatic heterocycles. The monoisotopic (exact) mass is 340 g/mol. The summed E-state index contributed by atoms with van der Waals surface area (Å²) < 4.78 is 24.3. The van der Waals surface area contributed by atoms with E-state index >= 15 is 0 Å². The molecule has 4 aromatic rings. The number of carbonyl (C=O) groups is 1. The molecule has 0 fully saturated rings. The first-order valence-electron chi connectivity index (χ1n) is 7.46. The van der Waals surface area contributed by atoms with Gasteiger partial charge in [0, 0.05) is 11.6 Å². The Kier molecular flexibility index (Phi) is 3.21. The van der Waals surface area contributed by atoms with Crippen LogP contribution >= 0.6 is 0 Å². The lowest BCUT2D eigenvalue weighted by molar-refractivity contribution is 0.0999. The number of nitrogens with two attached hydrogens (primary N) is 1. The third-order valence-electron chi connectivity index (χ3n) is 3.94. The Labute approximate surface area is 140 Å². The number of nitrogens with one attached hydrogen (secondary N) is 1. The maximum Gasteiger partial charge on any atom is 0.303 e. The van der Waals surface area contributed by atoms with Crippen LogP contribution in [-0.4, -0.2) is 15.9 Å². The number of rotatable bonds is 3. The normalized spacial score (nSPS) is 11.3. The van der Waals surface area contributed by atoms with E-state index < -0.39 is 11.7 Å². The van der Waals surface area contributed by atoms with Gasteiger partial charge in [0.25, 0.3) is 0 Å². The van der Waals surface area contributed by atoms with Crippen molar-refractivity contribution in [2.24, 2.45) is 5.73 Å². The molecule has 0 unspecified atom stereocenters. The number of aryl methyl sites for hydroxylation is 2. The average Bonchev–Trinajstić information content (AvgIpc) is 3.09. The number of benzene rings is 2. The van der Waals surface area contributed by atoms with Crippen LogP contribution in [0.25, 0.3) is 22.2 Å². The summed E-state index contributed by atoms with van der Waals surface area (Å²) in [7, 11) is 0. The Morgan fingerprint density at radius 2 is 1.84 bits per heavy atom. The fraction of sp³-hybridized carbons (Fsp3) is 0.118. The Hall–Kier alpha value is -3.42. The third kappa shape index (κ3) is 2.47. The summed E-state index contributed by atoms with van der Waals surface area (Å²) in [6.45, 7) is 3.53. The van der Waals surface area contributed by atoms with E-state index in [2.05, 4.69) is 15.3 Å². The van der Waals surface area contributed by atoms with E-state index in [0.717, 1.165) is 0 Å². The lowest BCUT2D eigenvalue weighted by Gasteiger charge is -2.05. The van der Waals surface area contributed by atoms with Crippen molar-refractivity contribution in [3.8, 4) is 0 Å². The Bertz CT molecular complexity index is 1150. The van der Waals surface area contributed by atoms with Crippen molar-refractivity contribution in [1.82, 2.24) is 9.97 Å². The zero-order chi connectivity index (χ0) is 17.7. The molecule has 0 aliphatic carbocycles. The zero-order valence-electron chi connectivity index (χ0n) is 13.4. The van der Waals surface area contributed by atoms with Crippen LogP contribution in [-0.2, 0) is 0 Å². The average molecular weight is 340 g/mol. The molecular formula is C17H13FN4O3. The summed E-state index contributed by atoms with van der Waals surface area (Å²) in [4.78, 5) is 20.1. The minimum atomic E-state index is -0.518. The minimum absolute atomic E-state index is 0.122. The van der Waals surface area contributed by atoms with E-state index in [-0.39, 0.29) is 12.0 Å². The number of fused-ring (bicyclic) bond motifs is 2. The summed E-state index contributed by atoms with van der Waals surface area (Å²) in [5.74, 6) is -0.922. The number of nitrogens with zero attached hydrogens (tertiary/aromatic N) is 2. The van der Waals surface area contributed by atoms with Crippen molar-refractivity contribution in [1.29, 1.82) is 0 Å². The summed E-state index contributed by atoms with van der Waals surface area (Å²) in [5.41, 5.74) is 9.02. The maximum absolute atomic E-state index is 13.2. The molecule has 8 heteroatoms.